The van der Waals surface area contributed by atoms with E-state index < -0.39 is 0 Å². The van der Waals surface area contributed by atoms with Crippen LogP contribution in [-0.2, 0) is 9.53 Å². The molecule has 2 aromatic rings. The Morgan fingerprint density at radius 3 is 2.46 bits per heavy atom. The fourth-order valence-electron chi connectivity index (χ4n) is 4.55. The van der Waals surface area contributed by atoms with Gasteiger partial charge in [-0.15, -0.1) is 0 Å². The molecule has 1 saturated heterocycles. The molecule has 1 fully saturated rings. The van der Waals surface area contributed by atoms with Gasteiger partial charge in [-0.25, -0.2) is 9.80 Å². The molecule has 0 bridgehead atoms. The number of benzene rings is 2. The second-order valence-corrected chi connectivity index (χ2v) is 9.62. The first-order chi connectivity index (χ1) is 17.9. The van der Waals surface area contributed by atoms with E-state index in [1.165, 1.54) is 0 Å². The normalized spacial score (nSPS) is 18.0. The number of rotatable bonds is 9. The molecule has 0 aromatic heterocycles. The Bertz CT molecular complexity index is 1070. The lowest BCUT2D eigenvalue weighted by Crippen LogP contribution is -2.50. The molecule has 2 aliphatic heterocycles. The molecule has 1 N–H and O–H groups in total. The van der Waals surface area contributed by atoms with E-state index in [0.29, 0.717) is 32.7 Å². The van der Waals surface area contributed by atoms with Gasteiger partial charge in [0.1, 0.15) is 12.3 Å². The number of hydrogen-bond acceptors (Lipinski definition) is 6. The number of morpholine rings is 1. The maximum atomic E-state index is 13.7. The molecule has 37 heavy (non-hydrogen) atoms. The van der Waals surface area contributed by atoms with E-state index in [9.17, 15) is 9.59 Å². The van der Waals surface area contributed by atoms with Gasteiger partial charge in [0.25, 0.3) is 5.91 Å². The van der Waals surface area contributed by atoms with Crippen molar-refractivity contribution in [2.24, 2.45) is 5.10 Å². The summed E-state index contributed by atoms with van der Waals surface area (Å²) in [5, 5.41) is 9.26. The standard InChI is InChI=1S/C28H37N5O4/c1-21(2)29-28(35)32(14-13-31-15-17-37-18-16-31)20-27(34)33-26(23-7-5-4-6-8-23)19-25(30-33)22-9-11-24(36-3)12-10-22/h4-12,21,26H,13-20H2,1-3H3,(H,29,35)/t26-/m0/s1. The molecule has 0 radical (unpaired) electrons. The van der Waals surface area contributed by atoms with Gasteiger partial charge in [-0.2, -0.15) is 5.10 Å². The number of amides is 3. The Hall–Kier alpha value is -3.43. The van der Waals surface area contributed by atoms with Gasteiger partial charge < -0.3 is 19.7 Å². The summed E-state index contributed by atoms with van der Waals surface area (Å²) in [6, 6.07) is 17.1. The number of hydrazone groups is 1. The van der Waals surface area contributed by atoms with Crippen LogP contribution in [0.2, 0.25) is 0 Å². The summed E-state index contributed by atoms with van der Waals surface area (Å²) in [5.74, 6) is 0.556. The van der Waals surface area contributed by atoms with Crippen molar-refractivity contribution >= 4 is 17.6 Å². The molecule has 2 aliphatic rings. The summed E-state index contributed by atoms with van der Waals surface area (Å²) in [7, 11) is 1.63. The molecule has 0 spiro atoms. The molecule has 0 aliphatic carbocycles. The van der Waals surface area contributed by atoms with E-state index in [-0.39, 0.29) is 30.6 Å². The summed E-state index contributed by atoms with van der Waals surface area (Å²) in [4.78, 5) is 30.6. The van der Waals surface area contributed by atoms with Crippen LogP contribution in [-0.4, -0.2) is 91.5 Å². The van der Waals surface area contributed by atoms with Crippen LogP contribution in [0.1, 0.15) is 37.4 Å². The number of methoxy groups -OCH3 is 1. The monoisotopic (exact) mass is 507 g/mol. The molecule has 4 rings (SSSR count). The summed E-state index contributed by atoms with van der Waals surface area (Å²) in [6.45, 7) is 7.93. The number of ether oxygens (including phenoxy) is 2. The lowest BCUT2D eigenvalue weighted by Gasteiger charge is -2.31. The van der Waals surface area contributed by atoms with E-state index in [0.717, 1.165) is 35.7 Å². The summed E-state index contributed by atoms with van der Waals surface area (Å²) in [5.41, 5.74) is 2.78. The van der Waals surface area contributed by atoms with Crippen LogP contribution in [0.5, 0.6) is 5.75 Å². The lowest BCUT2D eigenvalue weighted by atomic mass is 9.98. The van der Waals surface area contributed by atoms with Crippen LogP contribution in [0.15, 0.2) is 59.7 Å². The van der Waals surface area contributed by atoms with E-state index in [4.69, 9.17) is 14.6 Å². The van der Waals surface area contributed by atoms with E-state index in [2.05, 4.69) is 10.2 Å². The van der Waals surface area contributed by atoms with Crippen molar-refractivity contribution in [2.75, 3.05) is 53.0 Å². The van der Waals surface area contributed by atoms with Crippen molar-refractivity contribution in [1.82, 2.24) is 20.1 Å². The third-order valence-electron chi connectivity index (χ3n) is 6.59. The van der Waals surface area contributed by atoms with E-state index in [1.54, 1.807) is 17.0 Å². The summed E-state index contributed by atoms with van der Waals surface area (Å²) < 4.78 is 10.7. The maximum Gasteiger partial charge on any atom is 0.318 e. The SMILES string of the molecule is COc1ccc(C2=NN(C(=O)CN(CCN3CCOCC3)C(=O)NC(C)C)[C@H](c3ccccc3)C2)cc1. The number of nitrogens with one attached hydrogen (secondary N) is 1. The zero-order valence-corrected chi connectivity index (χ0v) is 21.9. The van der Waals surface area contributed by atoms with Crippen molar-refractivity contribution in [3.05, 3.63) is 65.7 Å². The zero-order chi connectivity index (χ0) is 26.2. The minimum absolute atomic E-state index is 0.0305. The Balaban J connectivity index is 1.54. The number of carbonyl (C=O) groups is 2. The minimum Gasteiger partial charge on any atom is -0.497 e. The highest BCUT2D eigenvalue weighted by Gasteiger charge is 2.34. The molecule has 3 amide bonds. The van der Waals surface area contributed by atoms with Gasteiger partial charge in [-0.3, -0.25) is 9.69 Å². The molecule has 198 valence electrons. The van der Waals surface area contributed by atoms with Gasteiger partial charge in [0.2, 0.25) is 0 Å². The van der Waals surface area contributed by atoms with Gasteiger partial charge in [-0.1, -0.05) is 30.3 Å². The fraction of sp³-hybridized carbons (Fsp3) is 0.464. The first kappa shape index (κ1) is 26.6. The molecule has 2 aromatic carbocycles. The van der Waals surface area contributed by atoms with Crippen LogP contribution >= 0.6 is 0 Å². The molecular weight excluding hydrogens is 470 g/mol. The highest BCUT2D eigenvalue weighted by Crippen LogP contribution is 2.33. The minimum atomic E-state index is -0.244. The van der Waals surface area contributed by atoms with Crippen molar-refractivity contribution in [1.29, 1.82) is 0 Å². The lowest BCUT2D eigenvalue weighted by molar-refractivity contribution is -0.133. The van der Waals surface area contributed by atoms with Crippen molar-refractivity contribution in [2.45, 2.75) is 32.4 Å². The first-order valence-corrected chi connectivity index (χ1v) is 12.9. The number of carbonyl (C=O) groups excluding carboxylic acids is 2. The molecule has 0 unspecified atom stereocenters. The first-order valence-electron chi connectivity index (χ1n) is 12.9. The van der Waals surface area contributed by atoms with Crippen LogP contribution in [0.4, 0.5) is 4.79 Å². The third kappa shape index (κ3) is 7.08. The van der Waals surface area contributed by atoms with Crippen molar-refractivity contribution in [3.63, 3.8) is 0 Å². The second kappa shape index (κ2) is 12.7. The topological polar surface area (TPSA) is 86.7 Å². The number of nitrogens with zero attached hydrogens (tertiary/aromatic N) is 4. The smallest absolute Gasteiger partial charge is 0.318 e. The fourth-order valence-corrected chi connectivity index (χ4v) is 4.55. The highest BCUT2D eigenvalue weighted by atomic mass is 16.5. The average Bonchev–Trinajstić information content (AvgIpc) is 3.37. The Kier molecular flexibility index (Phi) is 9.14. The van der Waals surface area contributed by atoms with Gasteiger partial charge >= 0.3 is 6.03 Å². The maximum absolute atomic E-state index is 13.7. The van der Waals surface area contributed by atoms with Crippen LogP contribution in [0.25, 0.3) is 0 Å². The van der Waals surface area contributed by atoms with Crippen LogP contribution in [0.3, 0.4) is 0 Å². The predicted octanol–water partition coefficient (Wildman–Crippen LogP) is 3.13. The average molecular weight is 508 g/mol. The molecule has 2 heterocycles. The Morgan fingerprint density at radius 2 is 1.81 bits per heavy atom. The predicted molar refractivity (Wildman–Crippen MR) is 143 cm³/mol. The van der Waals surface area contributed by atoms with Crippen molar-refractivity contribution < 1.29 is 19.1 Å². The Labute approximate surface area is 219 Å². The summed E-state index contributed by atoms with van der Waals surface area (Å²) >= 11 is 0. The number of hydrogen-bond donors (Lipinski definition) is 1. The highest BCUT2D eigenvalue weighted by molar-refractivity contribution is 6.03. The van der Waals surface area contributed by atoms with Crippen LogP contribution < -0.4 is 10.1 Å². The third-order valence-corrected chi connectivity index (χ3v) is 6.59. The van der Waals surface area contributed by atoms with Gasteiger partial charge in [0.15, 0.2) is 0 Å². The van der Waals surface area contributed by atoms with E-state index in [1.807, 2.05) is 68.4 Å². The van der Waals surface area contributed by atoms with E-state index >= 15 is 0 Å². The second-order valence-electron chi connectivity index (χ2n) is 9.62. The quantitative estimate of drug-likeness (QED) is 0.564. The summed E-state index contributed by atoms with van der Waals surface area (Å²) in [6.07, 6.45) is 0.591. The molecule has 9 nitrogen and oxygen atoms in total. The number of urea groups is 1. The van der Waals surface area contributed by atoms with Gasteiger partial charge in [-0.05, 0) is 49.2 Å². The molecule has 0 saturated carbocycles. The van der Waals surface area contributed by atoms with Gasteiger partial charge in [0.05, 0.1) is 32.1 Å². The van der Waals surface area contributed by atoms with Gasteiger partial charge in [0, 0.05) is 38.6 Å². The Morgan fingerprint density at radius 1 is 1.11 bits per heavy atom. The van der Waals surface area contributed by atoms with Crippen molar-refractivity contribution in [3.8, 4) is 5.75 Å². The molecule has 9 heteroatoms. The molecule has 1 atom stereocenters. The largest absolute Gasteiger partial charge is 0.497 e. The van der Waals surface area contributed by atoms with Crippen LogP contribution in [0, 0.1) is 0 Å². The molecular formula is C28H37N5O4. The zero-order valence-electron chi connectivity index (χ0n) is 21.9.